The predicted molar refractivity (Wildman–Crippen MR) is 103 cm³/mol. The third-order valence-corrected chi connectivity index (χ3v) is 4.64. The number of hydrogen-bond donors (Lipinski definition) is 1. The number of methoxy groups -OCH3 is 2. The van der Waals surface area contributed by atoms with Crippen LogP contribution in [0.15, 0.2) is 18.2 Å². The summed E-state index contributed by atoms with van der Waals surface area (Å²) in [5, 5.41) is 0.327. The minimum Gasteiger partial charge on any atom is -0.493 e. The molecule has 1 aromatic rings. The molecule has 0 bridgehead atoms. The van der Waals surface area contributed by atoms with E-state index in [1.54, 1.807) is 12.1 Å². The Bertz CT molecular complexity index is 780. The SMILES string of the molecule is COc1cc(/C=C/C(=O)OCC(=O)N2CCCC[C@@H]2C(N)=O)cc(Cl)c1OC. The Morgan fingerprint density at radius 3 is 2.64 bits per heavy atom. The first-order chi connectivity index (χ1) is 13.4. The van der Waals surface area contributed by atoms with Gasteiger partial charge in [0.2, 0.25) is 5.91 Å². The molecule has 0 aromatic heterocycles. The zero-order chi connectivity index (χ0) is 20.7. The number of amides is 2. The van der Waals surface area contributed by atoms with E-state index in [9.17, 15) is 14.4 Å². The van der Waals surface area contributed by atoms with Crippen LogP contribution in [0.5, 0.6) is 11.5 Å². The molecule has 2 N–H and O–H groups in total. The second kappa shape index (κ2) is 9.98. The fourth-order valence-electron chi connectivity index (χ4n) is 2.99. The molecule has 152 valence electrons. The number of esters is 1. The Morgan fingerprint density at radius 2 is 2.00 bits per heavy atom. The summed E-state index contributed by atoms with van der Waals surface area (Å²) in [5.41, 5.74) is 5.93. The molecule has 1 aromatic carbocycles. The third-order valence-electron chi connectivity index (χ3n) is 4.36. The maximum Gasteiger partial charge on any atom is 0.331 e. The van der Waals surface area contributed by atoms with Crippen LogP contribution >= 0.6 is 11.6 Å². The number of ether oxygens (including phenoxy) is 3. The van der Waals surface area contributed by atoms with Gasteiger partial charge in [-0.3, -0.25) is 9.59 Å². The second-order valence-electron chi connectivity index (χ2n) is 6.18. The molecular weight excluding hydrogens is 388 g/mol. The number of nitrogens with two attached hydrogens (primary N) is 1. The number of likely N-dealkylation sites (tertiary alicyclic amines) is 1. The van der Waals surface area contributed by atoms with Crippen molar-refractivity contribution in [3.05, 3.63) is 28.8 Å². The fraction of sp³-hybridized carbons (Fsp3) is 0.421. The van der Waals surface area contributed by atoms with Crippen molar-refractivity contribution < 1.29 is 28.6 Å². The van der Waals surface area contributed by atoms with Crippen LogP contribution in [0.3, 0.4) is 0 Å². The highest BCUT2D eigenvalue weighted by molar-refractivity contribution is 6.32. The third kappa shape index (κ3) is 5.39. The summed E-state index contributed by atoms with van der Waals surface area (Å²) in [5.74, 6) is -0.892. The fourth-order valence-corrected chi connectivity index (χ4v) is 3.28. The zero-order valence-electron chi connectivity index (χ0n) is 15.8. The summed E-state index contributed by atoms with van der Waals surface area (Å²) in [4.78, 5) is 37.0. The van der Waals surface area contributed by atoms with Crippen molar-refractivity contribution in [2.45, 2.75) is 25.3 Å². The lowest BCUT2D eigenvalue weighted by atomic mass is 10.0. The zero-order valence-corrected chi connectivity index (χ0v) is 16.5. The quantitative estimate of drug-likeness (QED) is 0.542. The van der Waals surface area contributed by atoms with Crippen LogP contribution in [0.2, 0.25) is 5.02 Å². The summed E-state index contributed by atoms with van der Waals surface area (Å²) in [6.07, 6.45) is 4.78. The summed E-state index contributed by atoms with van der Waals surface area (Å²) >= 11 is 6.11. The number of halogens is 1. The van der Waals surface area contributed by atoms with Gasteiger partial charge in [0, 0.05) is 12.6 Å². The maximum atomic E-state index is 12.3. The molecule has 1 fully saturated rings. The Morgan fingerprint density at radius 1 is 1.25 bits per heavy atom. The molecule has 28 heavy (non-hydrogen) atoms. The molecule has 1 atom stereocenters. The van der Waals surface area contributed by atoms with Gasteiger partial charge in [0.05, 0.1) is 19.2 Å². The van der Waals surface area contributed by atoms with E-state index >= 15 is 0 Å². The van der Waals surface area contributed by atoms with E-state index in [1.807, 2.05) is 0 Å². The molecule has 0 saturated carbocycles. The second-order valence-corrected chi connectivity index (χ2v) is 6.59. The lowest BCUT2D eigenvalue weighted by Gasteiger charge is -2.33. The topological polar surface area (TPSA) is 108 Å². The molecule has 0 radical (unpaired) electrons. The van der Waals surface area contributed by atoms with Gasteiger partial charge in [0.15, 0.2) is 18.1 Å². The van der Waals surface area contributed by atoms with Gasteiger partial charge in [-0.25, -0.2) is 4.79 Å². The van der Waals surface area contributed by atoms with Gasteiger partial charge >= 0.3 is 5.97 Å². The van der Waals surface area contributed by atoms with Crippen LogP contribution in [0.25, 0.3) is 6.08 Å². The Hall–Kier alpha value is -2.74. The Labute approximate surface area is 168 Å². The highest BCUT2D eigenvalue weighted by atomic mass is 35.5. The molecule has 1 aliphatic heterocycles. The molecular formula is C19H23ClN2O6. The maximum absolute atomic E-state index is 12.3. The normalized spacial score (nSPS) is 16.7. The van der Waals surface area contributed by atoms with Gasteiger partial charge < -0.3 is 24.8 Å². The molecule has 9 heteroatoms. The van der Waals surface area contributed by atoms with Gasteiger partial charge in [-0.15, -0.1) is 0 Å². The van der Waals surface area contributed by atoms with E-state index in [1.165, 1.54) is 31.3 Å². The van der Waals surface area contributed by atoms with E-state index in [4.69, 9.17) is 31.5 Å². The minimum atomic E-state index is -0.702. The molecule has 1 saturated heterocycles. The molecule has 0 aliphatic carbocycles. The molecule has 0 spiro atoms. The number of nitrogens with zero attached hydrogens (tertiary/aromatic N) is 1. The number of piperidine rings is 1. The van der Waals surface area contributed by atoms with Crippen LogP contribution in [-0.2, 0) is 19.1 Å². The van der Waals surface area contributed by atoms with E-state index < -0.39 is 30.4 Å². The number of primary amides is 1. The van der Waals surface area contributed by atoms with E-state index in [-0.39, 0.29) is 0 Å². The van der Waals surface area contributed by atoms with Gasteiger partial charge in [-0.2, -0.15) is 0 Å². The van der Waals surface area contributed by atoms with Crippen LogP contribution in [0.4, 0.5) is 0 Å². The van der Waals surface area contributed by atoms with Crippen LogP contribution < -0.4 is 15.2 Å². The number of carbonyl (C=O) groups is 3. The lowest BCUT2D eigenvalue weighted by Crippen LogP contribution is -2.51. The number of hydrogen-bond acceptors (Lipinski definition) is 6. The van der Waals surface area contributed by atoms with Crippen molar-refractivity contribution in [1.82, 2.24) is 4.90 Å². The van der Waals surface area contributed by atoms with Crippen LogP contribution in [0.1, 0.15) is 24.8 Å². The van der Waals surface area contributed by atoms with Crippen molar-refractivity contribution in [1.29, 1.82) is 0 Å². The molecule has 2 amide bonds. The molecule has 1 heterocycles. The molecule has 1 aliphatic rings. The van der Waals surface area contributed by atoms with Crippen LogP contribution in [-0.4, -0.2) is 56.1 Å². The van der Waals surface area contributed by atoms with Crippen molar-refractivity contribution in [2.75, 3.05) is 27.4 Å². The van der Waals surface area contributed by atoms with E-state index in [2.05, 4.69) is 0 Å². The average Bonchev–Trinajstić information content (AvgIpc) is 2.69. The largest absolute Gasteiger partial charge is 0.493 e. The standard InChI is InChI=1S/C19H23ClN2O6/c1-26-15-10-12(9-13(20)18(15)27-2)6-7-17(24)28-11-16(23)22-8-4-3-5-14(22)19(21)25/h6-7,9-10,14H,3-5,8,11H2,1-2H3,(H2,21,25)/b7-6+/t14-/m1/s1. The van der Waals surface area contributed by atoms with Crippen molar-refractivity contribution in [2.24, 2.45) is 5.73 Å². The minimum absolute atomic E-state index is 0.327. The highest BCUT2D eigenvalue weighted by Gasteiger charge is 2.30. The monoisotopic (exact) mass is 410 g/mol. The summed E-state index contributed by atoms with van der Waals surface area (Å²) in [6, 6.07) is 2.60. The van der Waals surface area contributed by atoms with Crippen molar-refractivity contribution >= 4 is 35.5 Å². The van der Waals surface area contributed by atoms with Gasteiger partial charge in [0.1, 0.15) is 6.04 Å². The number of carbonyl (C=O) groups excluding carboxylic acids is 3. The summed E-state index contributed by atoms with van der Waals surface area (Å²) in [6.45, 7) is -0.0381. The smallest absolute Gasteiger partial charge is 0.331 e. The van der Waals surface area contributed by atoms with Crippen molar-refractivity contribution in [3.8, 4) is 11.5 Å². The molecule has 8 nitrogen and oxygen atoms in total. The Balaban J connectivity index is 1.96. The average molecular weight is 411 g/mol. The predicted octanol–water partition coefficient (Wildman–Crippen LogP) is 1.78. The number of rotatable bonds is 7. The lowest BCUT2D eigenvalue weighted by molar-refractivity contribution is -0.151. The Kier molecular flexibility index (Phi) is 7.69. The van der Waals surface area contributed by atoms with Gasteiger partial charge in [0.25, 0.3) is 5.91 Å². The first kappa shape index (κ1) is 21.6. The van der Waals surface area contributed by atoms with Gasteiger partial charge in [-0.05, 0) is 43.0 Å². The highest BCUT2D eigenvalue weighted by Crippen LogP contribution is 2.36. The van der Waals surface area contributed by atoms with Gasteiger partial charge in [-0.1, -0.05) is 11.6 Å². The summed E-state index contributed by atoms with van der Waals surface area (Å²) in [7, 11) is 2.94. The molecule has 0 unspecified atom stereocenters. The van der Waals surface area contributed by atoms with Crippen molar-refractivity contribution in [3.63, 3.8) is 0 Å². The molecule has 2 rings (SSSR count). The van der Waals surface area contributed by atoms with E-state index in [0.29, 0.717) is 35.1 Å². The number of benzene rings is 1. The first-order valence-corrected chi connectivity index (χ1v) is 9.10. The summed E-state index contributed by atoms with van der Waals surface area (Å²) < 4.78 is 15.3. The van der Waals surface area contributed by atoms with E-state index in [0.717, 1.165) is 12.8 Å². The van der Waals surface area contributed by atoms with Crippen LogP contribution in [0, 0.1) is 0 Å². The first-order valence-electron chi connectivity index (χ1n) is 8.72.